The molecule has 0 bridgehead atoms. The summed E-state index contributed by atoms with van der Waals surface area (Å²) in [6.07, 6.45) is 5.05. The minimum atomic E-state index is -0.102. The van der Waals surface area contributed by atoms with E-state index >= 15 is 0 Å². The zero-order valence-corrected chi connectivity index (χ0v) is 15.5. The zero-order valence-electron chi connectivity index (χ0n) is 15.5. The highest BCUT2D eigenvalue weighted by Crippen LogP contribution is 2.24. The van der Waals surface area contributed by atoms with E-state index in [4.69, 9.17) is 4.98 Å². The van der Waals surface area contributed by atoms with Gasteiger partial charge in [0.2, 0.25) is 0 Å². The second-order valence-corrected chi connectivity index (χ2v) is 6.86. The van der Waals surface area contributed by atoms with E-state index in [1.807, 2.05) is 13.8 Å². The Balaban J connectivity index is 1.63. The predicted molar refractivity (Wildman–Crippen MR) is 97.9 cm³/mol. The lowest BCUT2D eigenvalue weighted by molar-refractivity contribution is 0.389. The average Bonchev–Trinajstić information content (AvgIpc) is 2.95. The van der Waals surface area contributed by atoms with E-state index in [1.165, 1.54) is 0 Å². The van der Waals surface area contributed by atoms with Crippen LogP contribution in [0.5, 0.6) is 0 Å². The fraction of sp³-hybridized carbons (Fsp3) is 0.667. The number of piperidine rings is 1. The third-order valence-corrected chi connectivity index (χ3v) is 4.92. The molecule has 1 N–H and O–H groups in total. The number of anilines is 1. The molecule has 1 fully saturated rings. The second-order valence-electron chi connectivity index (χ2n) is 6.86. The number of aromatic amines is 1. The van der Waals surface area contributed by atoms with E-state index in [9.17, 15) is 4.79 Å². The van der Waals surface area contributed by atoms with Gasteiger partial charge in [0.1, 0.15) is 17.5 Å². The molecule has 2 aromatic heterocycles. The molecule has 0 atom stereocenters. The van der Waals surface area contributed by atoms with Gasteiger partial charge in [0, 0.05) is 44.2 Å². The first kappa shape index (κ1) is 17.6. The minimum Gasteiger partial charge on any atom is -0.356 e. The molecule has 7 heteroatoms. The first-order valence-electron chi connectivity index (χ1n) is 9.34. The number of aromatic nitrogens is 5. The van der Waals surface area contributed by atoms with Crippen molar-refractivity contribution in [3.63, 3.8) is 0 Å². The van der Waals surface area contributed by atoms with Crippen LogP contribution in [0.3, 0.4) is 0 Å². The lowest BCUT2D eigenvalue weighted by atomic mass is 9.93. The van der Waals surface area contributed by atoms with Crippen LogP contribution in [0.2, 0.25) is 0 Å². The molecule has 1 saturated heterocycles. The zero-order chi connectivity index (χ0) is 17.8. The van der Waals surface area contributed by atoms with Gasteiger partial charge in [-0.3, -0.25) is 4.57 Å². The molecule has 1 aliphatic rings. The third-order valence-electron chi connectivity index (χ3n) is 4.92. The van der Waals surface area contributed by atoms with Crippen LogP contribution in [-0.4, -0.2) is 37.8 Å². The number of H-pyrrole nitrogens is 1. The molecule has 0 amide bonds. The summed E-state index contributed by atoms with van der Waals surface area (Å²) in [5, 5.41) is 6.76. The van der Waals surface area contributed by atoms with Crippen LogP contribution in [0.1, 0.15) is 50.5 Å². The van der Waals surface area contributed by atoms with Gasteiger partial charge in [-0.25, -0.2) is 19.9 Å². The summed E-state index contributed by atoms with van der Waals surface area (Å²) >= 11 is 0. The number of nitrogens with zero attached hydrogens (tertiary/aromatic N) is 5. The molecule has 0 aliphatic carbocycles. The topological polar surface area (TPSA) is 79.7 Å². The molecular weight excluding hydrogens is 316 g/mol. The summed E-state index contributed by atoms with van der Waals surface area (Å²) in [6, 6.07) is 2.09. The summed E-state index contributed by atoms with van der Waals surface area (Å²) in [4.78, 5) is 23.3. The van der Waals surface area contributed by atoms with Gasteiger partial charge in [-0.05, 0) is 39.0 Å². The van der Waals surface area contributed by atoms with Crippen LogP contribution >= 0.6 is 0 Å². The van der Waals surface area contributed by atoms with Crippen molar-refractivity contribution in [1.82, 2.24) is 24.7 Å². The fourth-order valence-corrected chi connectivity index (χ4v) is 3.57. The second kappa shape index (κ2) is 7.80. The monoisotopic (exact) mass is 344 g/mol. The molecule has 0 radical (unpaired) electrons. The Morgan fingerprint density at radius 2 is 2.00 bits per heavy atom. The lowest BCUT2D eigenvalue weighted by Crippen LogP contribution is -2.35. The van der Waals surface area contributed by atoms with Gasteiger partial charge in [0.05, 0.1) is 0 Å². The number of hydrogen-bond acceptors (Lipinski definition) is 5. The molecule has 0 spiro atoms. The maximum atomic E-state index is 11.7. The van der Waals surface area contributed by atoms with Gasteiger partial charge < -0.3 is 4.90 Å². The number of hydrogen-bond donors (Lipinski definition) is 1. The number of nitrogens with one attached hydrogen (secondary N) is 1. The van der Waals surface area contributed by atoms with Crippen molar-refractivity contribution in [3.8, 4) is 0 Å². The molecule has 0 unspecified atom stereocenters. The Bertz CT molecular complexity index is 757. The van der Waals surface area contributed by atoms with E-state index in [1.54, 1.807) is 4.57 Å². The smallest absolute Gasteiger partial charge is 0.343 e. The molecule has 0 saturated carbocycles. The van der Waals surface area contributed by atoms with E-state index < -0.39 is 0 Å². The van der Waals surface area contributed by atoms with Crippen LogP contribution in [0, 0.1) is 12.8 Å². The van der Waals surface area contributed by atoms with Crippen LogP contribution in [0.25, 0.3) is 0 Å². The summed E-state index contributed by atoms with van der Waals surface area (Å²) in [7, 11) is 0. The van der Waals surface area contributed by atoms with Gasteiger partial charge in [-0.15, -0.1) is 0 Å². The summed E-state index contributed by atoms with van der Waals surface area (Å²) in [5.74, 6) is 3.45. The number of aryl methyl sites for hydroxylation is 2. The van der Waals surface area contributed by atoms with Crippen molar-refractivity contribution < 1.29 is 0 Å². The standard InChI is InChI=1S/C18H28N6O/c1-4-6-15-19-13(3)11-16(20-15)23-9-7-14(8-10-23)12-17-21-22-18(25)24(17)5-2/h11,14H,4-10,12H2,1-3H3,(H,22,25). The Labute approximate surface area is 148 Å². The van der Waals surface area contributed by atoms with Gasteiger partial charge in [0.25, 0.3) is 0 Å². The van der Waals surface area contributed by atoms with Crippen LogP contribution < -0.4 is 10.6 Å². The van der Waals surface area contributed by atoms with Crippen molar-refractivity contribution >= 4 is 5.82 Å². The van der Waals surface area contributed by atoms with Crippen LogP contribution in [0.15, 0.2) is 10.9 Å². The van der Waals surface area contributed by atoms with Gasteiger partial charge in [-0.1, -0.05) is 6.92 Å². The van der Waals surface area contributed by atoms with E-state index in [0.29, 0.717) is 12.5 Å². The minimum absolute atomic E-state index is 0.102. The molecule has 7 nitrogen and oxygen atoms in total. The summed E-state index contributed by atoms with van der Waals surface area (Å²) < 4.78 is 1.73. The van der Waals surface area contributed by atoms with Crippen molar-refractivity contribution in [1.29, 1.82) is 0 Å². The highest BCUT2D eigenvalue weighted by molar-refractivity contribution is 5.40. The largest absolute Gasteiger partial charge is 0.356 e. The predicted octanol–water partition coefficient (Wildman–Crippen LogP) is 2.10. The molecular formula is C18H28N6O. The SMILES string of the molecule is CCCc1nc(C)cc(N2CCC(Cc3n[nH]c(=O)n3CC)CC2)n1. The Morgan fingerprint density at radius 3 is 2.68 bits per heavy atom. The molecule has 25 heavy (non-hydrogen) atoms. The highest BCUT2D eigenvalue weighted by atomic mass is 16.1. The fourth-order valence-electron chi connectivity index (χ4n) is 3.57. The van der Waals surface area contributed by atoms with Crippen molar-refractivity contribution in [2.45, 2.75) is 59.4 Å². The van der Waals surface area contributed by atoms with Crippen molar-refractivity contribution in [2.24, 2.45) is 5.92 Å². The lowest BCUT2D eigenvalue weighted by Gasteiger charge is -2.33. The average molecular weight is 344 g/mol. The Kier molecular flexibility index (Phi) is 5.50. The number of rotatable bonds is 6. The van der Waals surface area contributed by atoms with E-state index in [2.05, 4.69) is 33.1 Å². The van der Waals surface area contributed by atoms with Crippen LogP contribution in [-0.2, 0) is 19.4 Å². The van der Waals surface area contributed by atoms with Gasteiger partial charge in [-0.2, -0.15) is 5.10 Å². The van der Waals surface area contributed by atoms with Crippen molar-refractivity contribution in [3.05, 3.63) is 33.9 Å². The first-order valence-corrected chi connectivity index (χ1v) is 9.34. The molecule has 3 heterocycles. The molecule has 0 aromatic carbocycles. The molecule has 136 valence electrons. The maximum Gasteiger partial charge on any atom is 0.343 e. The third kappa shape index (κ3) is 4.08. The van der Waals surface area contributed by atoms with Gasteiger partial charge >= 0.3 is 5.69 Å². The normalized spacial score (nSPS) is 15.7. The quantitative estimate of drug-likeness (QED) is 0.868. The maximum absolute atomic E-state index is 11.7. The van der Waals surface area contributed by atoms with Crippen LogP contribution in [0.4, 0.5) is 5.82 Å². The summed E-state index contributed by atoms with van der Waals surface area (Å²) in [5.41, 5.74) is 0.939. The van der Waals surface area contributed by atoms with E-state index in [-0.39, 0.29) is 5.69 Å². The Hall–Kier alpha value is -2.18. The van der Waals surface area contributed by atoms with Gasteiger partial charge in [0.15, 0.2) is 0 Å². The first-order chi connectivity index (χ1) is 12.1. The Morgan fingerprint density at radius 1 is 1.24 bits per heavy atom. The summed E-state index contributed by atoms with van der Waals surface area (Å²) in [6.45, 7) is 8.83. The molecule has 2 aromatic rings. The van der Waals surface area contributed by atoms with E-state index in [0.717, 1.165) is 68.4 Å². The highest BCUT2D eigenvalue weighted by Gasteiger charge is 2.23. The molecule has 3 rings (SSSR count). The van der Waals surface area contributed by atoms with Crippen molar-refractivity contribution in [2.75, 3.05) is 18.0 Å². The molecule has 1 aliphatic heterocycles.